The lowest BCUT2D eigenvalue weighted by Gasteiger charge is -2.30. The zero-order chi connectivity index (χ0) is 57.2. The van der Waals surface area contributed by atoms with Crippen LogP contribution in [0.15, 0.2) is 122 Å². The van der Waals surface area contributed by atoms with Crippen molar-refractivity contribution in [2.45, 2.75) is 258 Å². The molecule has 0 rings (SSSR count). The van der Waals surface area contributed by atoms with Gasteiger partial charge < -0.3 is 28.5 Å². The van der Waals surface area contributed by atoms with Gasteiger partial charge in [0.15, 0.2) is 0 Å². The minimum atomic E-state index is -4.72. The van der Waals surface area contributed by atoms with Crippen molar-refractivity contribution in [3.05, 3.63) is 122 Å². The molecule has 0 saturated heterocycles. The fraction of sp³-hybridized carbons (Fsp3) is 0.676. The van der Waals surface area contributed by atoms with Crippen LogP contribution in [-0.4, -0.2) is 69.4 Å². The van der Waals surface area contributed by atoms with Gasteiger partial charge in [-0.15, -0.1) is 0 Å². The average molecular weight is 1110 g/mol. The molecule has 0 bridgehead atoms. The normalized spacial score (nSPS) is 14.5. The van der Waals surface area contributed by atoms with Gasteiger partial charge in [0, 0.05) is 12.8 Å². The van der Waals surface area contributed by atoms with E-state index in [9.17, 15) is 19.0 Å². The molecule has 0 spiro atoms. The summed E-state index contributed by atoms with van der Waals surface area (Å²) >= 11 is 0. The molecule has 0 heterocycles. The molecule has 1 N–H and O–H groups in total. The van der Waals surface area contributed by atoms with E-state index in [1.807, 2.05) is 33.3 Å². The molecule has 0 aliphatic heterocycles. The van der Waals surface area contributed by atoms with E-state index in [1.54, 1.807) is 0 Å². The Kier molecular flexibility index (Phi) is 54.1. The summed E-state index contributed by atoms with van der Waals surface area (Å²) in [4.78, 5) is 40.0. The van der Waals surface area contributed by atoms with Crippen LogP contribution in [0.25, 0.3) is 0 Å². The second-order valence-corrected chi connectivity index (χ2v) is 23.2. The first-order valence-corrected chi connectivity index (χ1v) is 32.8. The molecular formula is C68H117N2O7P. The van der Waals surface area contributed by atoms with Gasteiger partial charge in [0.25, 0.3) is 7.82 Å². The highest BCUT2D eigenvalue weighted by atomic mass is 31.2. The summed E-state index contributed by atoms with van der Waals surface area (Å²) in [5.41, 5.74) is 0. The number of allylic oxidation sites excluding steroid dienone is 19. The summed E-state index contributed by atoms with van der Waals surface area (Å²) in [5, 5.41) is 3.01. The topological polar surface area (TPSA) is 114 Å². The molecule has 0 aromatic rings. The van der Waals surface area contributed by atoms with Gasteiger partial charge in [-0.1, -0.05) is 233 Å². The fourth-order valence-electron chi connectivity index (χ4n) is 8.30. The van der Waals surface area contributed by atoms with Crippen LogP contribution in [0.3, 0.4) is 0 Å². The van der Waals surface area contributed by atoms with Crippen molar-refractivity contribution >= 4 is 19.7 Å². The van der Waals surface area contributed by atoms with Crippen LogP contribution < -0.4 is 10.2 Å². The lowest BCUT2D eigenvalue weighted by atomic mass is 10.0. The maximum atomic E-state index is 13.5. The zero-order valence-electron chi connectivity index (χ0n) is 50.8. The second-order valence-electron chi connectivity index (χ2n) is 21.8. The van der Waals surface area contributed by atoms with Crippen molar-refractivity contribution in [1.82, 2.24) is 5.32 Å². The van der Waals surface area contributed by atoms with Crippen LogP contribution in [0, 0.1) is 0 Å². The van der Waals surface area contributed by atoms with Crippen LogP contribution in [0.5, 0.6) is 0 Å². The highest BCUT2D eigenvalue weighted by molar-refractivity contribution is 7.45. The summed E-state index contributed by atoms with van der Waals surface area (Å²) in [6.07, 6.45) is 78.8. The minimum absolute atomic E-state index is 0.0388. The zero-order valence-corrected chi connectivity index (χ0v) is 51.7. The number of unbranched alkanes of at least 4 members (excludes halogenated alkanes) is 21. The first kappa shape index (κ1) is 74.4. The Morgan fingerprint density at radius 1 is 0.462 bits per heavy atom. The summed E-state index contributed by atoms with van der Waals surface area (Å²) in [7, 11) is 1.13. The van der Waals surface area contributed by atoms with E-state index in [-0.39, 0.29) is 31.3 Å². The highest BCUT2D eigenvalue weighted by Gasteiger charge is 2.27. The van der Waals surface area contributed by atoms with Crippen molar-refractivity contribution in [3.8, 4) is 0 Å². The monoisotopic (exact) mass is 1100 g/mol. The number of phosphoric acid groups is 1. The van der Waals surface area contributed by atoms with Crippen LogP contribution in [0.2, 0.25) is 0 Å². The van der Waals surface area contributed by atoms with Crippen LogP contribution >= 0.6 is 7.82 Å². The number of hydrogen-bond donors (Lipinski definition) is 1. The Morgan fingerprint density at radius 3 is 1.27 bits per heavy atom. The highest BCUT2D eigenvalue weighted by Crippen LogP contribution is 2.38. The third-order valence-corrected chi connectivity index (χ3v) is 14.1. The number of quaternary nitrogens is 1. The number of nitrogens with zero attached hydrogens (tertiary/aromatic N) is 1. The van der Waals surface area contributed by atoms with Gasteiger partial charge in [0.1, 0.15) is 19.3 Å². The number of carbonyl (C=O) groups excluding carboxylic acids is 2. The molecule has 0 aromatic heterocycles. The van der Waals surface area contributed by atoms with Gasteiger partial charge >= 0.3 is 5.97 Å². The van der Waals surface area contributed by atoms with Crippen molar-refractivity contribution < 1.29 is 37.3 Å². The number of amides is 1. The van der Waals surface area contributed by atoms with Gasteiger partial charge in [-0.25, -0.2) is 0 Å². The number of likely N-dealkylation sites (N-methyl/N-ethyl adjacent to an activating group) is 1. The third kappa shape index (κ3) is 57.1. The van der Waals surface area contributed by atoms with E-state index in [0.717, 1.165) is 122 Å². The van der Waals surface area contributed by atoms with Crippen LogP contribution in [0.4, 0.5) is 0 Å². The van der Waals surface area contributed by atoms with Gasteiger partial charge in [-0.3, -0.25) is 14.2 Å². The molecule has 0 aliphatic rings. The first-order valence-electron chi connectivity index (χ1n) is 31.3. The molecule has 78 heavy (non-hydrogen) atoms. The van der Waals surface area contributed by atoms with Crippen LogP contribution in [0.1, 0.15) is 245 Å². The predicted octanol–water partition coefficient (Wildman–Crippen LogP) is 18.9. The van der Waals surface area contributed by atoms with E-state index >= 15 is 0 Å². The Labute approximate surface area is 480 Å². The van der Waals surface area contributed by atoms with E-state index in [1.165, 1.54) is 77.0 Å². The maximum absolute atomic E-state index is 13.5. The van der Waals surface area contributed by atoms with E-state index in [4.69, 9.17) is 13.8 Å². The smallest absolute Gasteiger partial charge is 0.306 e. The van der Waals surface area contributed by atoms with E-state index < -0.39 is 26.6 Å². The second kappa shape index (κ2) is 56.7. The lowest BCUT2D eigenvalue weighted by Crippen LogP contribution is -2.47. The first-order chi connectivity index (χ1) is 37.9. The third-order valence-electron chi connectivity index (χ3n) is 13.1. The number of rotatable bonds is 55. The average Bonchev–Trinajstić information content (AvgIpc) is 3.40. The van der Waals surface area contributed by atoms with Crippen molar-refractivity contribution in [3.63, 3.8) is 0 Å². The number of hydrogen-bond acceptors (Lipinski definition) is 7. The number of carbonyl (C=O) groups is 2. The largest absolute Gasteiger partial charge is 0.756 e. The van der Waals surface area contributed by atoms with Crippen molar-refractivity contribution in [2.24, 2.45) is 0 Å². The fourth-order valence-corrected chi connectivity index (χ4v) is 9.02. The minimum Gasteiger partial charge on any atom is -0.756 e. The summed E-state index contributed by atoms with van der Waals surface area (Å²) < 4.78 is 30.3. The molecule has 0 radical (unpaired) electrons. The molecule has 10 heteroatoms. The maximum Gasteiger partial charge on any atom is 0.306 e. The molecule has 1 amide bonds. The molecule has 3 unspecified atom stereocenters. The number of esters is 1. The molecule has 0 saturated carbocycles. The predicted molar refractivity (Wildman–Crippen MR) is 334 cm³/mol. The Morgan fingerprint density at radius 2 is 0.821 bits per heavy atom. The summed E-state index contributed by atoms with van der Waals surface area (Å²) in [5.74, 6) is -0.614. The van der Waals surface area contributed by atoms with Gasteiger partial charge in [-0.05, 0) is 122 Å². The van der Waals surface area contributed by atoms with E-state index in [0.29, 0.717) is 23.9 Å². The summed E-state index contributed by atoms with van der Waals surface area (Å²) in [6, 6.07) is -0.922. The molecule has 0 aromatic carbocycles. The van der Waals surface area contributed by atoms with Gasteiger partial charge in [0.2, 0.25) is 5.91 Å². The molecular weight excluding hydrogens is 988 g/mol. The molecule has 0 fully saturated rings. The Bertz CT molecular complexity index is 1750. The number of phosphoric ester groups is 1. The van der Waals surface area contributed by atoms with Gasteiger partial charge in [-0.2, -0.15) is 0 Å². The van der Waals surface area contributed by atoms with Gasteiger partial charge in [0.05, 0.1) is 33.8 Å². The molecule has 446 valence electrons. The number of nitrogens with one attached hydrogen (secondary N) is 1. The Balaban J connectivity index is 5.37. The quantitative estimate of drug-likeness (QED) is 0.0212. The Hall–Kier alpha value is -3.59. The van der Waals surface area contributed by atoms with Crippen LogP contribution in [-0.2, 0) is 27.9 Å². The molecule has 9 nitrogen and oxygen atoms in total. The van der Waals surface area contributed by atoms with E-state index in [2.05, 4.69) is 135 Å². The number of ether oxygens (including phenoxy) is 1. The summed E-state index contributed by atoms with van der Waals surface area (Å²) in [6.45, 7) is 6.65. The standard InChI is InChI=1S/C68H117N2O7P/c1-7-10-13-16-19-22-25-28-30-32-34-35-37-39-41-43-46-49-52-55-58-61-68(72)77-66(59-56-53-50-47-44-27-24-21-18-15-12-9-3)65(64-76-78(73,74)75-63-62-70(4,5)6)69-67(71)60-57-54-51-48-45-42-40-38-36-33-31-29-26-23-20-17-14-11-8-2/h10,13,19-20,22-23,28-31,34-36,38-39,41,46,49,56,59,65-66H,7-9,11-12,14-18,21,24-27,32-33,37,40,42-45,47-48,50-55,57-58,60-64H2,1-6H3,(H-,69,71,73,74)/b13-10-,22-19-,23-20-,30-28-,31-29-,35-34-,38-36-,41-39-,49-46-,59-56+. The van der Waals surface area contributed by atoms with Crippen molar-refractivity contribution in [1.29, 1.82) is 0 Å². The molecule has 3 atom stereocenters. The lowest BCUT2D eigenvalue weighted by molar-refractivity contribution is -0.870. The molecule has 0 aliphatic carbocycles. The van der Waals surface area contributed by atoms with Crippen molar-refractivity contribution in [2.75, 3.05) is 40.9 Å². The SMILES string of the molecule is CC/C=C\C/C=C\C/C=C\C/C=C\C/C=C\C/C=C\CCCCC(=O)OC(/C=C/CCCCCCCCCCCC)C(COP(=O)([O-])OCC[N+](C)(C)C)NC(=O)CCCCCCCC/C=C\C/C=C\C/C=C\CCCCC.